The number of benzene rings is 1. The molecular formula is C17H22FNO4S. The molecule has 1 aliphatic heterocycles. The quantitative estimate of drug-likeness (QED) is 0.901. The molecule has 1 aromatic rings. The Morgan fingerprint density at radius 3 is 2.58 bits per heavy atom. The fourth-order valence-electron chi connectivity index (χ4n) is 3.38. The van der Waals surface area contributed by atoms with E-state index in [1.54, 1.807) is 6.07 Å². The zero-order valence-electron chi connectivity index (χ0n) is 13.8. The minimum Gasteiger partial charge on any atom is -0.491 e. The van der Waals surface area contributed by atoms with Gasteiger partial charge in [0.2, 0.25) is 5.91 Å². The number of hydrogen-bond donors (Lipinski definition) is 1. The van der Waals surface area contributed by atoms with E-state index in [9.17, 15) is 17.6 Å². The maximum Gasteiger partial charge on any atom is 0.228 e. The molecule has 1 aliphatic carbocycles. The van der Waals surface area contributed by atoms with Crippen molar-refractivity contribution in [1.82, 2.24) is 0 Å². The first-order chi connectivity index (χ1) is 11.2. The van der Waals surface area contributed by atoms with Gasteiger partial charge in [-0.3, -0.25) is 4.79 Å². The highest BCUT2D eigenvalue weighted by Gasteiger charge is 2.59. The van der Waals surface area contributed by atoms with Crippen LogP contribution in [0.4, 0.5) is 10.1 Å². The van der Waals surface area contributed by atoms with E-state index in [1.165, 1.54) is 12.1 Å². The summed E-state index contributed by atoms with van der Waals surface area (Å²) in [6, 6.07) is 4.37. The summed E-state index contributed by atoms with van der Waals surface area (Å²) in [5, 5.41) is 2.63. The molecule has 1 saturated carbocycles. The predicted molar refractivity (Wildman–Crippen MR) is 89.2 cm³/mol. The maximum absolute atomic E-state index is 14.1. The average Bonchev–Trinajstić information content (AvgIpc) is 3.20. The van der Waals surface area contributed by atoms with Crippen LogP contribution in [0.2, 0.25) is 0 Å². The highest BCUT2D eigenvalue weighted by Crippen LogP contribution is 2.60. The predicted octanol–water partition coefficient (Wildman–Crippen LogP) is 2.77. The lowest BCUT2D eigenvalue weighted by atomic mass is 9.96. The number of carbonyl (C=O) groups excluding carboxylic acids is 1. The number of hydrogen-bond acceptors (Lipinski definition) is 4. The van der Waals surface area contributed by atoms with Crippen molar-refractivity contribution in [2.24, 2.45) is 11.3 Å². The van der Waals surface area contributed by atoms with E-state index in [0.717, 1.165) is 0 Å². The van der Waals surface area contributed by atoms with Gasteiger partial charge in [0, 0.05) is 12.0 Å². The molecule has 3 rings (SSSR count). The zero-order valence-corrected chi connectivity index (χ0v) is 14.7. The lowest BCUT2D eigenvalue weighted by Gasteiger charge is -2.22. The molecule has 132 valence electrons. The molecule has 0 radical (unpaired) electrons. The monoisotopic (exact) mass is 355 g/mol. The fraction of sp³-hybridized carbons (Fsp3) is 0.588. The lowest BCUT2D eigenvalue weighted by molar-refractivity contribution is -0.118. The molecule has 0 aromatic heterocycles. The third-order valence-electron chi connectivity index (χ3n) is 4.90. The third-order valence-corrected chi connectivity index (χ3v) is 6.55. The highest BCUT2D eigenvalue weighted by atomic mass is 32.2. The normalized spacial score (nSPS) is 23.9. The standard InChI is InChI=1S/C17H22FNO4S/c1-11(2)23-12-3-4-15(14(18)9-12)19-16(20)13-10-17(13)5-7-24(21,22)8-6-17/h3-4,9,11,13H,5-8,10H2,1-2H3,(H,19,20). The summed E-state index contributed by atoms with van der Waals surface area (Å²) in [7, 11) is -2.95. The van der Waals surface area contributed by atoms with Crippen molar-refractivity contribution in [3.8, 4) is 5.75 Å². The van der Waals surface area contributed by atoms with E-state index in [1.807, 2.05) is 13.8 Å². The molecule has 5 nitrogen and oxygen atoms in total. The minimum absolute atomic E-state index is 0.0567. The topological polar surface area (TPSA) is 72.5 Å². The number of rotatable bonds is 4. The van der Waals surface area contributed by atoms with Crippen LogP contribution >= 0.6 is 0 Å². The van der Waals surface area contributed by atoms with Crippen LogP contribution in [0.3, 0.4) is 0 Å². The minimum atomic E-state index is -2.95. The van der Waals surface area contributed by atoms with Crippen LogP contribution in [-0.4, -0.2) is 31.9 Å². The summed E-state index contributed by atoms with van der Waals surface area (Å²) in [5.74, 6) is -0.285. The van der Waals surface area contributed by atoms with Gasteiger partial charge in [0.1, 0.15) is 21.4 Å². The van der Waals surface area contributed by atoms with E-state index >= 15 is 0 Å². The molecule has 1 atom stereocenters. The smallest absolute Gasteiger partial charge is 0.228 e. The number of anilines is 1. The first-order valence-electron chi connectivity index (χ1n) is 8.18. The molecule has 1 amide bonds. The molecule has 0 bridgehead atoms. The van der Waals surface area contributed by atoms with Gasteiger partial charge in [-0.25, -0.2) is 12.8 Å². The van der Waals surface area contributed by atoms with Crippen LogP contribution in [-0.2, 0) is 14.6 Å². The second-order valence-corrected chi connectivity index (χ2v) is 9.37. The Labute approximate surface area is 141 Å². The van der Waals surface area contributed by atoms with Crippen LogP contribution in [0.25, 0.3) is 0 Å². The largest absolute Gasteiger partial charge is 0.491 e. The Bertz CT molecular complexity index is 746. The molecular weight excluding hydrogens is 333 g/mol. The van der Waals surface area contributed by atoms with Crippen LogP contribution in [0.5, 0.6) is 5.75 Å². The summed E-state index contributed by atoms with van der Waals surface area (Å²) in [5.41, 5.74) is -0.0753. The molecule has 2 aliphatic rings. The molecule has 1 unspecified atom stereocenters. The van der Waals surface area contributed by atoms with E-state index in [2.05, 4.69) is 5.32 Å². The van der Waals surface area contributed by atoms with Gasteiger partial charge in [0.25, 0.3) is 0 Å². The van der Waals surface area contributed by atoms with Gasteiger partial charge < -0.3 is 10.1 Å². The number of ether oxygens (including phenoxy) is 1. The number of sulfone groups is 1. The first kappa shape index (κ1) is 17.2. The summed E-state index contributed by atoms with van der Waals surface area (Å²) >= 11 is 0. The Kier molecular flexibility index (Phi) is 4.32. The fourth-order valence-corrected chi connectivity index (χ4v) is 5.02. The van der Waals surface area contributed by atoms with Gasteiger partial charge in [-0.05, 0) is 50.7 Å². The van der Waals surface area contributed by atoms with Crippen molar-refractivity contribution in [3.05, 3.63) is 24.0 Å². The van der Waals surface area contributed by atoms with Crippen LogP contribution < -0.4 is 10.1 Å². The summed E-state index contributed by atoms with van der Waals surface area (Å²) in [6.45, 7) is 3.70. The summed E-state index contributed by atoms with van der Waals surface area (Å²) in [6.07, 6.45) is 1.68. The Hall–Kier alpha value is -1.63. The number of halogens is 1. The SMILES string of the molecule is CC(C)Oc1ccc(NC(=O)C2CC23CCS(=O)(=O)CC3)c(F)c1. The third kappa shape index (κ3) is 3.55. The molecule has 1 N–H and O–H groups in total. The average molecular weight is 355 g/mol. The molecule has 1 aromatic carbocycles. The van der Waals surface area contributed by atoms with Crippen molar-refractivity contribution < 1.29 is 22.3 Å². The zero-order chi connectivity index (χ0) is 17.5. The second-order valence-electron chi connectivity index (χ2n) is 7.07. The molecule has 1 saturated heterocycles. The van der Waals surface area contributed by atoms with Gasteiger partial charge in [-0.2, -0.15) is 0 Å². The van der Waals surface area contributed by atoms with Gasteiger partial charge in [0.05, 0.1) is 23.3 Å². The van der Waals surface area contributed by atoms with E-state index in [4.69, 9.17) is 4.74 Å². The number of amides is 1. The maximum atomic E-state index is 14.1. The highest BCUT2D eigenvalue weighted by molar-refractivity contribution is 7.91. The van der Waals surface area contributed by atoms with Crippen LogP contribution in [0, 0.1) is 17.2 Å². The van der Waals surface area contributed by atoms with Crippen LogP contribution in [0.15, 0.2) is 18.2 Å². The summed E-state index contributed by atoms with van der Waals surface area (Å²) < 4.78 is 42.6. The Morgan fingerprint density at radius 1 is 1.33 bits per heavy atom. The van der Waals surface area contributed by atoms with Gasteiger partial charge in [-0.15, -0.1) is 0 Å². The Balaban J connectivity index is 1.62. The van der Waals surface area contributed by atoms with Crippen molar-refractivity contribution in [1.29, 1.82) is 0 Å². The molecule has 2 fully saturated rings. The van der Waals surface area contributed by atoms with E-state index < -0.39 is 15.7 Å². The van der Waals surface area contributed by atoms with Gasteiger partial charge in [0.15, 0.2) is 0 Å². The van der Waals surface area contributed by atoms with Crippen LogP contribution in [0.1, 0.15) is 33.1 Å². The number of nitrogens with one attached hydrogen (secondary N) is 1. The van der Waals surface area contributed by atoms with Crippen molar-refractivity contribution in [3.63, 3.8) is 0 Å². The lowest BCUT2D eigenvalue weighted by Crippen LogP contribution is -2.28. The van der Waals surface area contributed by atoms with E-state index in [0.29, 0.717) is 25.0 Å². The van der Waals surface area contributed by atoms with E-state index in [-0.39, 0.29) is 40.5 Å². The first-order valence-corrected chi connectivity index (χ1v) is 10.0. The van der Waals surface area contributed by atoms with Gasteiger partial charge in [-0.1, -0.05) is 0 Å². The molecule has 1 heterocycles. The number of carbonyl (C=O) groups is 1. The molecule has 7 heteroatoms. The van der Waals surface area contributed by atoms with Crippen molar-refractivity contribution in [2.45, 2.75) is 39.2 Å². The molecule has 24 heavy (non-hydrogen) atoms. The van der Waals surface area contributed by atoms with Crippen molar-refractivity contribution in [2.75, 3.05) is 16.8 Å². The second kappa shape index (κ2) is 6.02. The Morgan fingerprint density at radius 2 is 2.00 bits per heavy atom. The van der Waals surface area contributed by atoms with Crippen molar-refractivity contribution >= 4 is 21.4 Å². The molecule has 1 spiro atoms. The summed E-state index contributed by atoms with van der Waals surface area (Å²) in [4.78, 5) is 12.4. The van der Waals surface area contributed by atoms with Gasteiger partial charge >= 0.3 is 0 Å².